The van der Waals surface area contributed by atoms with Crippen LogP contribution < -0.4 is 10.2 Å². The Kier molecular flexibility index (Phi) is 5.32. The Morgan fingerprint density at radius 3 is 2.59 bits per heavy atom. The van der Waals surface area contributed by atoms with Gasteiger partial charge in [0.15, 0.2) is 17.5 Å². The quantitative estimate of drug-likeness (QED) is 0.626. The minimum atomic E-state index is -1.64. The molecule has 0 spiro atoms. The van der Waals surface area contributed by atoms with Crippen LogP contribution in [0.25, 0.3) is 10.8 Å². The number of carbonyl (C=O) groups is 1. The van der Waals surface area contributed by atoms with Gasteiger partial charge in [-0.3, -0.25) is 4.79 Å². The van der Waals surface area contributed by atoms with E-state index in [1.165, 1.54) is 0 Å². The number of halogens is 4. The number of fused-ring (bicyclic) bond motifs is 1. The summed E-state index contributed by atoms with van der Waals surface area (Å²) in [7, 11) is 0. The van der Waals surface area contributed by atoms with Crippen LogP contribution in [0, 0.1) is 17.5 Å². The lowest BCUT2D eigenvalue weighted by molar-refractivity contribution is 0.0925. The van der Waals surface area contributed by atoms with Crippen LogP contribution in [0.4, 0.5) is 19.0 Å². The van der Waals surface area contributed by atoms with Gasteiger partial charge in [0, 0.05) is 35.7 Å². The highest BCUT2D eigenvalue weighted by atomic mass is 35.5. The molecule has 4 rings (SSSR count). The Morgan fingerprint density at radius 1 is 1.07 bits per heavy atom. The molecule has 0 atom stereocenters. The molecule has 0 aliphatic carbocycles. The number of amides is 1. The van der Waals surface area contributed by atoms with E-state index in [-0.39, 0.29) is 6.04 Å². The number of pyridine rings is 1. The first-order valence-electron chi connectivity index (χ1n) is 9.17. The van der Waals surface area contributed by atoms with E-state index in [9.17, 15) is 18.0 Å². The van der Waals surface area contributed by atoms with Crippen LogP contribution in [0.2, 0.25) is 5.02 Å². The summed E-state index contributed by atoms with van der Waals surface area (Å²) in [6, 6.07) is 9.02. The monoisotopic (exact) mass is 419 g/mol. The van der Waals surface area contributed by atoms with Gasteiger partial charge < -0.3 is 10.2 Å². The predicted molar refractivity (Wildman–Crippen MR) is 106 cm³/mol. The zero-order valence-electron chi connectivity index (χ0n) is 15.3. The smallest absolute Gasteiger partial charge is 0.254 e. The normalized spacial score (nSPS) is 15.0. The van der Waals surface area contributed by atoms with Crippen molar-refractivity contribution in [2.24, 2.45) is 0 Å². The van der Waals surface area contributed by atoms with Crippen molar-refractivity contribution >= 4 is 34.1 Å². The molecule has 0 unspecified atom stereocenters. The molecule has 1 fully saturated rings. The van der Waals surface area contributed by atoms with Crippen LogP contribution in [0.1, 0.15) is 23.2 Å². The van der Waals surface area contributed by atoms with Gasteiger partial charge in [-0.25, -0.2) is 18.2 Å². The predicted octanol–water partition coefficient (Wildman–Crippen LogP) is 4.70. The second-order valence-electron chi connectivity index (χ2n) is 6.96. The highest BCUT2D eigenvalue weighted by Gasteiger charge is 2.25. The summed E-state index contributed by atoms with van der Waals surface area (Å²) in [5.74, 6) is -4.35. The summed E-state index contributed by atoms with van der Waals surface area (Å²) in [6.07, 6.45) is 2.96. The first kappa shape index (κ1) is 19.5. The molecule has 8 heteroatoms. The van der Waals surface area contributed by atoms with Crippen molar-refractivity contribution < 1.29 is 18.0 Å². The molecule has 3 aromatic rings. The van der Waals surface area contributed by atoms with E-state index in [1.807, 2.05) is 24.3 Å². The molecule has 1 aliphatic rings. The molecule has 2 heterocycles. The fourth-order valence-electron chi connectivity index (χ4n) is 3.58. The van der Waals surface area contributed by atoms with Crippen molar-refractivity contribution in [2.75, 3.05) is 18.0 Å². The molecule has 1 aliphatic heterocycles. The maximum Gasteiger partial charge on any atom is 0.254 e. The van der Waals surface area contributed by atoms with E-state index < -0.39 is 28.9 Å². The third kappa shape index (κ3) is 3.87. The van der Waals surface area contributed by atoms with Crippen LogP contribution in [-0.2, 0) is 0 Å². The maximum atomic E-state index is 13.8. The number of nitrogens with zero attached hydrogens (tertiary/aromatic N) is 2. The number of piperidine rings is 1. The first-order valence-corrected chi connectivity index (χ1v) is 9.55. The van der Waals surface area contributed by atoms with Crippen molar-refractivity contribution in [1.82, 2.24) is 10.3 Å². The Morgan fingerprint density at radius 2 is 1.83 bits per heavy atom. The lowest BCUT2D eigenvalue weighted by atomic mass is 10.0. The largest absolute Gasteiger partial charge is 0.356 e. The van der Waals surface area contributed by atoms with Crippen molar-refractivity contribution in [3.63, 3.8) is 0 Å². The number of rotatable bonds is 3. The van der Waals surface area contributed by atoms with Gasteiger partial charge in [-0.1, -0.05) is 11.6 Å². The standard InChI is InChI=1S/C21H17ClF3N3O/c22-13-1-2-15-12(11-13)5-8-26-20(15)28-9-6-14(7-10-28)27-21(29)16-3-4-17(23)19(25)18(16)24/h1-5,8,11,14H,6-7,9-10H2,(H,27,29). The van der Waals surface area contributed by atoms with Gasteiger partial charge in [0.2, 0.25) is 0 Å². The molecule has 0 bridgehead atoms. The van der Waals surface area contributed by atoms with E-state index in [0.29, 0.717) is 31.0 Å². The molecule has 1 saturated heterocycles. The number of hydrogen-bond acceptors (Lipinski definition) is 3. The fraction of sp³-hybridized carbons (Fsp3) is 0.238. The number of carbonyl (C=O) groups excluding carboxylic acids is 1. The van der Waals surface area contributed by atoms with E-state index in [4.69, 9.17) is 11.6 Å². The molecule has 1 aromatic heterocycles. The second kappa shape index (κ2) is 7.91. The van der Waals surface area contributed by atoms with Gasteiger partial charge in [-0.15, -0.1) is 0 Å². The highest BCUT2D eigenvalue weighted by Crippen LogP contribution is 2.29. The number of benzene rings is 2. The van der Waals surface area contributed by atoms with Crippen molar-refractivity contribution in [3.05, 3.63) is 70.6 Å². The molecule has 150 valence electrons. The molecule has 0 radical (unpaired) electrons. The van der Waals surface area contributed by atoms with Crippen LogP contribution in [0.5, 0.6) is 0 Å². The molecule has 2 aromatic carbocycles. The SMILES string of the molecule is O=C(NC1CCN(c2nccc3cc(Cl)ccc23)CC1)c1ccc(F)c(F)c1F. The summed E-state index contributed by atoms with van der Waals surface area (Å²) in [6.45, 7) is 1.28. The first-order chi connectivity index (χ1) is 13.9. The van der Waals surface area contributed by atoms with Crippen LogP contribution in [0.3, 0.4) is 0 Å². The number of hydrogen-bond donors (Lipinski definition) is 1. The lowest BCUT2D eigenvalue weighted by Gasteiger charge is -2.33. The Balaban J connectivity index is 1.44. The minimum absolute atomic E-state index is 0.198. The average molecular weight is 420 g/mol. The van der Waals surface area contributed by atoms with Crippen molar-refractivity contribution in [3.8, 4) is 0 Å². The fourth-order valence-corrected chi connectivity index (χ4v) is 3.77. The third-order valence-electron chi connectivity index (χ3n) is 5.11. The zero-order chi connectivity index (χ0) is 20.5. The van der Waals surface area contributed by atoms with E-state index >= 15 is 0 Å². The molecule has 29 heavy (non-hydrogen) atoms. The Labute approximate surface area is 170 Å². The molecular weight excluding hydrogens is 403 g/mol. The number of nitrogens with one attached hydrogen (secondary N) is 1. The third-order valence-corrected chi connectivity index (χ3v) is 5.35. The van der Waals surface area contributed by atoms with E-state index in [1.54, 1.807) is 6.20 Å². The minimum Gasteiger partial charge on any atom is -0.356 e. The van der Waals surface area contributed by atoms with Crippen molar-refractivity contribution in [1.29, 1.82) is 0 Å². The number of anilines is 1. The van der Waals surface area contributed by atoms with Crippen LogP contribution in [-0.4, -0.2) is 30.0 Å². The summed E-state index contributed by atoms with van der Waals surface area (Å²) in [5.41, 5.74) is -0.501. The Bertz CT molecular complexity index is 1080. The van der Waals surface area contributed by atoms with Gasteiger partial charge in [-0.05, 0) is 54.6 Å². The van der Waals surface area contributed by atoms with Crippen LogP contribution in [0.15, 0.2) is 42.6 Å². The topological polar surface area (TPSA) is 45.2 Å². The summed E-state index contributed by atoms with van der Waals surface area (Å²) in [5, 5.41) is 5.34. The van der Waals surface area contributed by atoms with Gasteiger partial charge in [0.05, 0.1) is 5.56 Å². The van der Waals surface area contributed by atoms with Gasteiger partial charge in [0.1, 0.15) is 5.82 Å². The molecular formula is C21H17ClF3N3O. The van der Waals surface area contributed by atoms with Gasteiger partial charge >= 0.3 is 0 Å². The Hall–Kier alpha value is -2.80. The molecule has 1 N–H and O–H groups in total. The van der Waals surface area contributed by atoms with Crippen LogP contribution >= 0.6 is 11.6 Å². The van der Waals surface area contributed by atoms with E-state index in [2.05, 4.69) is 15.2 Å². The summed E-state index contributed by atoms with van der Waals surface area (Å²) >= 11 is 6.06. The summed E-state index contributed by atoms with van der Waals surface area (Å²) < 4.78 is 40.2. The van der Waals surface area contributed by atoms with E-state index in [0.717, 1.165) is 28.7 Å². The zero-order valence-corrected chi connectivity index (χ0v) is 16.0. The maximum absolute atomic E-state index is 13.8. The van der Waals surface area contributed by atoms with Crippen molar-refractivity contribution in [2.45, 2.75) is 18.9 Å². The highest BCUT2D eigenvalue weighted by molar-refractivity contribution is 6.31. The van der Waals surface area contributed by atoms with Gasteiger partial charge in [0.25, 0.3) is 5.91 Å². The lowest BCUT2D eigenvalue weighted by Crippen LogP contribution is -2.45. The average Bonchev–Trinajstić information content (AvgIpc) is 2.72. The molecule has 0 saturated carbocycles. The summed E-state index contributed by atoms with van der Waals surface area (Å²) in [4.78, 5) is 18.9. The number of aromatic nitrogens is 1. The molecule has 1 amide bonds. The molecule has 4 nitrogen and oxygen atoms in total. The second-order valence-corrected chi connectivity index (χ2v) is 7.39. The van der Waals surface area contributed by atoms with Gasteiger partial charge in [-0.2, -0.15) is 0 Å².